The van der Waals surface area contributed by atoms with Crippen LogP contribution in [0.3, 0.4) is 0 Å². The second-order valence-electron chi connectivity index (χ2n) is 4.94. The molecular formula is C14H21N5O. The van der Waals surface area contributed by atoms with E-state index >= 15 is 0 Å². The van der Waals surface area contributed by atoms with E-state index in [0.29, 0.717) is 0 Å². The fourth-order valence-electron chi connectivity index (χ4n) is 2.25. The molecule has 1 unspecified atom stereocenters. The van der Waals surface area contributed by atoms with Gasteiger partial charge in [-0.1, -0.05) is 0 Å². The van der Waals surface area contributed by atoms with Gasteiger partial charge in [-0.25, -0.2) is 4.98 Å². The van der Waals surface area contributed by atoms with Crippen molar-refractivity contribution in [2.75, 3.05) is 13.6 Å². The molecule has 0 radical (unpaired) electrons. The van der Waals surface area contributed by atoms with Gasteiger partial charge in [0.1, 0.15) is 11.9 Å². The van der Waals surface area contributed by atoms with Crippen LogP contribution in [0.5, 0.6) is 0 Å². The maximum atomic E-state index is 12.3. The number of carbonyl (C=O) groups is 1. The van der Waals surface area contributed by atoms with Crippen molar-refractivity contribution in [3.05, 3.63) is 36.7 Å². The van der Waals surface area contributed by atoms with Crippen LogP contribution in [-0.2, 0) is 11.3 Å². The highest BCUT2D eigenvalue weighted by Crippen LogP contribution is 2.11. The minimum absolute atomic E-state index is 0.103. The standard InChI is InChI=1S/C14H21N5O/c1-12(19-11-7-15-13(19)2)14(20)17(3)8-5-10-18-9-4-6-16-18/h4,6-7,9,11-12H,5,8,10H2,1-3H3. The van der Waals surface area contributed by atoms with Crippen molar-refractivity contribution in [3.63, 3.8) is 0 Å². The molecule has 0 fully saturated rings. The number of hydrogen-bond donors (Lipinski definition) is 0. The number of rotatable bonds is 6. The summed E-state index contributed by atoms with van der Waals surface area (Å²) >= 11 is 0. The molecule has 2 rings (SSSR count). The van der Waals surface area contributed by atoms with Gasteiger partial charge in [-0.3, -0.25) is 9.48 Å². The number of hydrogen-bond acceptors (Lipinski definition) is 3. The zero-order valence-electron chi connectivity index (χ0n) is 12.2. The van der Waals surface area contributed by atoms with Gasteiger partial charge in [0.15, 0.2) is 0 Å². The Labute approximate surface area is 119 Å². The molecule has 2 heterocycles. The lowest BCUT2D eigenvalue weighted by Crippen LogP contribution is -2.34. The molecule has 6 heteroatoms. The SMILES string of the molecule is Cc1nccn1C(C)C(=O)N(C)CCCn1cccn1. The first-order valence-corrected chi connectivity index (χ1v) is 6.81. The van der Waals surface area contributed by atoms with Gasteiger partial charge in [0.2, 0.25) is 5.91 Å². The summed E-state index contributed by atoms with van der Waals surface area (Å²) in [4.78, 5) is 18.3. The predicted octanol–water partition coefficient (Wildman–Crippen LogP) is 1.50. The Bertz CT molecular complexity index is 546. The summed E-state index contributed by atoms with van der Waals surface area (Å²) in [7, 11) is 1.84. The van der Waals surface area contributed by atoms with Gasteiger partial charge in [0.05, 0.1) is 0 Å². The van der Waals surface area contributed by atoms with Gasteiger partial charge in [0.25, 0.3) is 0 Å². The molecule has 2 aromatic heterocycles. The van der Waals surface area contributed by atoms with Gasteiger partial charge in [-0.15, -0.1) is 0 Å². The molecular weight excluding hydrogens is 254 g/mol. The molecule has 0 saturated carbocycles. The van der Waals surface area contributed by atoms with Gasteiger partial charge < -0.3 is 9.47 Å². The molecule has 0 aliphatic rings. The average molecular weight is 275 g/mol. The highest BCUT2D eigenvalue weighted by Gasteiger charge is 2.19. The van der Waals surface area contributed by atoms with Crippen LogP contribution in [0, 0.1) is 6.92 Å². The van der Waals surface area contributed by atoms with Crippen molar-refractivity contribution in [2.45, 2.75) is 32.9 Å². The average Bonchev–Trinajstić information content (AvgIpc) is 3.08. The van der Waals surface area contributed by atoms with Crippen LogP contribution >= 0.6 is 0 Å². The molecule has 0 saturated heterocycles. The number of amides is 1. The fraction of sp³-hybridized carbons (Fsp3) is 0.500. The highest BCUT2D eigenvalue weighted by atomic mass is 16.2. The third kappa shape index (κ3) is 3.26. The molecule has 20 heavy (non-hydrogen) atoms. The van der Waals surface area contributed by atoms with Gasteiger partial charge in [-0.05, 0) is 26.3 Å². The van der Waals surface area contributed by atoms with Crippen molar-refractivity contribution < 1.29 is 4.79 Å². The van der Waals surface area contributed by atoms with E-state index in [-0.39, 0.29) is 11.9 Å². The molecule has 0 aliphatic carbocycles. The monoisotopic (exact) mass is 275 g/mol. The Hall–Kier alpha value is -2.11. The summed E-state index contributed by atoms with van der Waals surface area (Å²) in [5.74, 6) is 0.961. The molecule has 108 valence electrons. The lowest BCUT2D eigenvalue weighted by Gasteiger charge is -2.22. The van der Waals surface area contributed by atoms with E-state index < -0.39 is 0 Å². The van der Waals surface area contributed by atoms with Crippen LogP contribution in [-0.4, -0.2) is 43.7 Å². The van der Waals surface area contributed by atoms with Crippen LogP contribution in [0.1, 0.15) is 25.2 Å². The lowest BCUT2D eigenvalue weighted by atomic mass is 10.2. The Morgan fingerprint density at radius 1 is 1.40 bits per heavy atom. The molecule has 0 aliphatic heterocycles. The molecule has 0 spiro atoms. The van der Waals surface area contributed by atoms with Gasteiger partial charge >= 0.3 is 0 Å². The zero-order valence-corrected chi connectivity index (χ0v) is 12.2. The summed E-state index contributed by atoms with van der Waals surface area (Å²) in [6.07, 6.45) is 8.14. The Balaban J connectivity index is 1.84. The number of likely N-dealkylation sites (N-methyl/N-ethyl adjacent to an activating group) is 1. The van der Waals surface area contributed by atoms with E-state index in [1.54, 1.807) is 17.3 Å². The number of carbonyl (C=O) groups excluding carboxylic acids is 1. The van der Waals surface area contributed by atoms with Gasteiger partial charge in [0, 0.05) is 44.9 Å². The summed E-state index contributed by atoms with van der Waals surface area (Å²) in [5.41, 5.74) is 0. The highest BCUT2D eigenvalue weighted by molar-refractivity contribution is 5.79. The normalized spacial score (nSPS) is 12.3. The first-order chi connectivity index (χ1) is 9.59. The summed E-state index contributed by atoms with van der Waals surface area (Å²) in [6, 6.07) is 1.69. The quantitative estimate of drug-likeness (QED) is 0.802. The Kier molecular flexibility index (Phi) is 4.55. The summed E-state index contributed by atoms with van der Waals surface area (Å²) in [6.45, 7) is 5.35. The lowest BCUT2D eigenvalue weighted by molar-refractivity contribution is -0.133. The molecule has 0 aromatic carbocycles. The fourth-order valence-corrected chi connectivity index (χ4v) is 2.25. The molecule has 1 atom stereocenters. The maximum Gasteiger partial charge on any atom is 0.245 e. The Morgan fingerprint density at radius 3 is 2.80 bits per heavy atom. The summed E-state index contributed by atoms with van der Waals surface area (Å²) < 4.78 is 3.77. The second-order valence-corrected chi connectivity index (χ2v) is 4.94. The van der Waals surface area contributed by atoms with E-state index in [4.69, 9.17) is 0 Å². The van der Waals surface area contributed by atoms with Crippen LogP contribution in [0.25, 0.3) is 0 Å². The van der Waals surface area contributed by atoms with E-state index in [2.05, 4.69) is 10.1 Å². The van der Waals surface area contributed by atoms with Crippen LogP contribution in [0.4, 0.5) is 0 Å². The number of aromatic nitrogens is 4. The molecule has 0 bridgehead atoms. The largest absolute Gasteiger partial charge is 0.344 e. The number of imidazole rings is 1. The van der Waals surface area contributed by atoms with Crippen molar-refractivity contribution in [3.8, 4) is 0 Å². The van der Waals surface area contributed by atoms with Crippen molar-refractivity contribution >= 4 is 5.91 Å². The van der Waals surface area contributed by atoms with Crippen LogP contribution < -0.4 is 0 Å². The van der Waals surface area contributed by atoms with Crippen molar-refractivity contribution in [1.29, 1.82) is 0 Å². The van der Waals surface area contributed by atoms with Crippen LogP contribution in [0.15, 0.2) is 30.9 Å². The first kappa shape index (κ1) is 14.3. The van der Waals surface area contributed by atoms with Crippen LogP contribution in [0.2, 0.25) is 0 Å². The Morgan fingerprint density at radius 2 is 2.20 bits per heavy atom. The van der Waals surface area contributed by atoms with Gasteiger partial charge in [-0.2, -0.15) is 5.10 Å². The summed E-state index contributed by atoms with van der Waals surface area (Å²) in [5, 5.41) is 4.15. The smallest absolute Gasteiger partial charge is 0.245 e. The maximum absolute atomic E-state index is 12.3. The van der Waals surface area contributed by atoms with Crippen molar-refractivity contribution in [2.24, 2.45) is 0 Å². The van der Waals surface area contributed by atoms with E-state index in [1.807, 2.05) is 48.6 Å². The third-order valence-corrected chi connectivity index (χ3v) is 3.45. The third-order valence-electron chi connectivity index (χ3n) is 3.45. The van der Waals surface area contributed by atoms with E-state index in [0.717, 1.165) is 25.3 Å². The topological polar surface area (TPSA) is 56.0 Å². The minimum Gasteiger partial charge on any atom is -0.344 e. The number of aryl methyl sites for hydroxylation is 2. The predicted molar refractivity (Wildman–Crippen MR) is 76.2 cm³/mol. The molecule has 6 nitrogen and oxygen atoms in total. The molecule has 1 amide bonds. The molecule has 2 aromatic rings. The number of nitrogens with zero attached hydrogens (tertiary/aromatic N) is 5. The van der Waals surface area contributed by atoms with E-state index in [1.165, 1.54) is 0 Å². The van der Waals surface area contributed by atoms with E-state index in [9.17, 15) is 4.79 Å². The van der Waals surface area contributed by atoms with Crippen molar-refractivity contribution in [1.82, 2.24) is 24.2 Å². The zero-order chi connectivity index (χ0) is 14.5. The first-order valence-electron chi connectivity index (χ1n) is 6.81. The minimum atomic E-state index is -0.216. The molecule has 0 N–H and O–H groups in total. The second kappa shape index (κ2) is 6.36.